The lowest BCUT2D eigenvalue weighted by Gasteiger charge is -2.10. The summed E-state index contributed by atoms with van der Waals surface area (Å²) in [7, 11) is 0. The van der Waals surface area contributed by atoms with Gasteiger partial charge >= 0.3 is 6.18 Å². The lowest BCUT2D eigenvalue weighted by molar-refractivity contribution is -0.137. The maximum Gasteiger partial charge on any atom is 0.416 e. The van der Waals surface area contributed by atoms with Crippen LogP contribution in [0.2, 0.25) is 5.02 Å². The molecule has 0 aliphatic heterocycles. The SMILES string of the molecule is Cc1cc(-c2c[nH]c(-c3ccc(C(F)(F)F)cc3)n2)ccc1OCc1ccc(Cl)cc1. The van der Waals surface area contributed by atoms with Gasteiger partial charge in [0, 0.05) is 22.3 Å². The van der Waals surface area contributed by atoms with Gasteiger partial charge in [-0.3, -0.25) is 0 Å². The monoisotopic (exact) mass is 442 g/mol. The summed E-state index contributed by atoms with van der Waals surface area (Å²) >= 11 is 5.90. The smallest absolute Gasteiger partial charge is 0.416 e. The topological polar surface area (TPSA) is 37.9 Å². The minimum atomic E-state index is -4.36. The average molecular weight is 443 g/mol. The molecule has 3 aromatic carbocycles. The number of hydrogen-bond acceptors (Lipinski definition) is 2. The van der Waals surface area contributed by atoms with Gasteiger partial charge in [-0.2, -0.15) is 13.2 Å². The van der Waals surface area contributed by atoms with Crippen molar-refractivity contribution in [2.24, 2.45) is 0 Å². The van der Waals surface area contributed by atoms with Crippen LogP contribution in [-0.4, -0.2) is 9.97 Å². The summed E-state index contributed by atoms with van der Waals surface area (Å²) < 4.78 is 44.1. The van der Waals surface area contributed by atoms with Crippen LogP contribution >= 0.6 is 11.6 Å². The number of benzene rings is 3. The fraction of sp³-hybridized carbons (Fsp3) is 0.125. The molecule has 158 valence electrons. The number of alkyl halides is 3. The molecule has 0 spiro atoms. The van der Waals surface area contributed by atoms with Gasteiger partial charge < -0.3 is 9.72 Å². The third-order valence-corrected chi connectivity index (χ3v) is 5.09. The molecule has 0 radical (unpaired) electrons. The summed E-state index contributed by atoms with van der Waals surface area (Å²) in [6.07, 6.45) is -2.63. The molecule has 0 aliphatic rings. The van der Waals surface area contributed by atoms with Crippen molar-refractivity contribution in [3.8, 4) is 28.4 Å². The lowest BCUT2D eigenvalue weighted by atomic mass is 10.1. The number of rotatable bonds is 5. The number of nitrogens with zero attached hydrogens (tertiary/aromatic N) is 1. The van der Waals surface area contributed by atoms with Crippen LogP contribution in [0.1, 0.15) is 16.7 Å². The molecule has 3 nitrogen and oxygen atoms in total. The van der Waals surface area contributed by atoms with Crippen LogP contribution in [0, 0.1) is 6.92 Å². The van der Waals surface area contributed by atoms with Crippen molar-refractivity contribution in [3.63, 3.8) is 0 Å². The first-order chi connectivity index (χ1) is 14.8. The molecular weight excluding hydrogens is 425 g/mol. The van der Waals surface area contributed by atoms with Gasteiger partial charge in [-0.1, -0.05) is 35.9 Å². The van der Waals surface area contributed by atoms with Crippen LogP contribution in [0.25, 0.3) is 22.6 Å². The highest BCUT2D eigenvalue weighted by Crippen LogP contribution is 2.31. The van der Waals surface area contributed by atoms with Crippen molar-refractivity contribution in [2.45, 2.75) is 19.7 Å². The van der Waals surface area contributed by atoms with Gasteiger partial charge in [0.15, 0.2) is 0 Å². The minimum absolute atomic E-state index is 0.428. The van der Waals surface area contributed by atoms with Crippen LogP contribution in [-0.2, 0) is 12.8 Å². The van der Waals surface area contributed by atoms with Crippen LogP contribution < -0.4 is 4.74 Å². The highest BCUT2D eigenvalue weighted by Gasteiger charge is 2.30. The number of hydrogen-bond donors (Lipinski definition) is 1. The largest absolute Gasteiger partial charge is 0.489 e. The zero-order valence-corrected chi connectivity index (χ0v) is 17.3. The first-order valence-electron chi connectivity index (χ1n) is 9.51. The van der Waals surface area contributed by atoms with Crippen LogP contribution in [0.3, 0.4) is 0 Å². The molecule has 1 heterocycles. The quantitative estimate of drug-likeness (QED) is 0.352. The van der Waals surface area contributed by atoms with E-state index in [0.717, 1.165) is 34.6 Å². The summed E-state index contributed by atoms with van der Waals surface area (Å²) in [6.45, 7) is 2.38. The molecule has 0 fully saturated rings. The Morgan fingerprint density at radius 2 is 1.61 bits per heavy atom. The molecule has 1 aromatic heterocycles. The molecule has 31 heavy (non-hydrogen) atoms. The molecule has 0 atom stereocenters. The maximum atomic E-state index is 12.7. The number of aryl methyl sites for hydroxylation is 1. The normalized spacial score (nSPS) is 11.5. The van der Waals surface area contributed by atoms with E-state index in [-0.39, 0.29) is 0 Å². The molecule has 1 N–H and O–H groups in total. The highest BCUT2D eigenvalue weighted by molar-refractivity contribution is 6.30. The van der Waals surface area contributed by atoms with Crippen molar-refractivity contribution >= 4 is 11.6 Å². The second kappa shape index (κ2) is 8.47. The zero-order valence-electron chi connectivity index (χ0n) is 16.5. The molecule has 0 bridgehead atoms. The van der Waals surface area contributed by atoms with Crippen LogP contribution in [0.5, 0.6) is 5.75 Å². The van der Waals surface area contributed by atoms with E-state index in [9.17, 15) is 13.2 Å². The fourth-order valence-electron chi connectivity index (χ4n) is 3.15. The van der Waals surface area contributed by atoms with E-state index in [1.165, 1.54) is 12.1 Å². The molecule has 4 rings (SSSR count). The van der Waals surface area contributed by atoms with E-state index in [1.54, 1.807) is 6.20 Å². The van der Waals surface area contributed by atoms with E-state index in [1.807, 2.05) is 49.4 Å². The minimum Gasteiger partial charge on any atom is -0.489 e. The predicted molar refractivity (Wildman–Crippen MR) is 115 cm³/mol. The Labute approximate surface area is 182 Å². The Morgan fingerprint density at radius 1 is 0.935 bits per heavy atom. The molecule has 0 aliphatic carbocycles. The van der Waals surface area contributed by atoms with Gasteiger partial charge in [0.2, 0.25) is 0 Å². The van der Waals surface area contributed by atoms with Crippen molar-refractivity contribution in [2.75, 3.05) is 0 Å². The summed E-state index contributed by atoms with van der Waals surface area (Å²) in [5, 5.41) is 0.680. The van der Waals surface area contributed by atoms with Gasteiger partial charge in [-0.05, 0) is 60.5 Å². The second-order valence-corrected chi connectivity index (χ2v) is 7.54. The number of aromatic nitrogens is 2. The fourth-order valence-corrected chi connectivity index (χ4v) is 3.27. The first-order valence-corrected chi connectivity index (χ1v) is 9.89. The Hall–Kier alpha value is -3.25. The van der Waals surface area contributed by atoms with Crippen molar-refractivity contribution < 1.29 is 17.9 Å². The summed E-state index contributed by atoms with van der Waals surface area (Å²) in [6, 6.07) is 18.1. The summed E-state index contributed by atoms with van der Waals surface area (Å²) in [4.78, 5) is 7.55. The number of nitrogens with one attached hydrogen (secondary N) is 1. The molecular formula is C24H18ClF3N2O. The molecule has 0 amide bonds. The van der Waals surface area contributed by atoms with E-state index >= 15 is 0 Å². The van der Waals surface area contributed by atoms with Crippen molar-refractivity contribution in [1.82, 2.24) is 9.97 Å². The van der Waals surface area contributed by atoms with Gasteiger partial charge in [-0.25, -0.2) is 4.98 Å². The van der Waals surface area contributed by atoms with Crippen LogP contribution in [0.4, 0.5) is 13.2 Å². The average Bonchev–Trinajstić information content (AvgIpc) is 3.24. The summed E-state index contributed by atoms with van der Waals surface area (Å²) in [5.74, 6) is 1.27. The summed E-state index contributed by atoms with van der Waals surface area (Å²) in [5.41, 5.74) is 3.44. The van der Waals surface area contributed by atoms with Gasteiger partial charge in [0.1, 0.15) is 18.2 Å². The molecule has 7 heteroatoms. The number of H-pyrrole nitrogens is 1. The first kappa shape index (κ1) is 21.0. The van der Waals surface area contributed by atoms with Crippen molar-refractivity contribution in [1.29, 1.82) is 0 Å². The standard InChI is InChI=1S/C24H18ClF3N2O/c1-15-12-18(6-11-22(15)31-14-16-2-9-20(25)10-3-16)21-13-29-23(30-21)17-4-7-19(8-5-17)24(26,27)28/h2-13H,14H2,1H3,(H,29,30). The number of ether oxygens (including phenoxy) is 1. The van der Waals surface area contributed by atoms with Gasteiger partial charge in [0.05, 0.1) is 11.3 Å². The molecule has 0 unspecified atom stereocenters. The number of aromatic amines is 1. The van der Waals surface area contributed by atoms with Crippen LogP contribution in [0.15, 0.2) is 72.9 Å². The van der Waals surface area contributed by atoms with Crippen molar-refractivity contribution in [3.05, 3.63) is 94.6 Å². The van der Waals surface area contributed by atoms with E-state index < -0.39 is 11.7 Å². The van der Waals surface area contributed by atoms with Gasteiger partial charge in [0.25, 0.3) is 0 Å². The van der Waals surface area contributed by atoms with Gasteiger partial charge in [-0.15, -0.1) is 0 Å². The number of halogens is 4. The molecule has 0 saturated heterocycles. The van der Waals surface area contributed by atoms with E-state index in [2.05, 4.69) is 9.97 Å². The zero-order chi connectivity index (χ0) is 22.0. The number of imidazole rings is 1. The Bertz CT molecular complexity index is 1180. The van der Waals surface area contributed by atoms with E-state index in [0.29, 0.717) is 28.7 Å². The third-order valence-electron chi connectivity index (χ3n) is 4.84. The Kier molecular flexibility index (Phi) is 5.74. The Morgan fingerprint density at radius 3 is 2.26 bits per heavy atom. The molecule has 0 saturated carbocycles. The highest BCUT2D eigenvalue weighted by atomic mass is 35.5. The third kappa shape index (κ3) is 4.91. The maximum absolute atomic E-state index is 12.7. The molecule has 4 aromatic rings. The second-order valence-electron chi connectivity index (χ2n) is 7.10. The lowest BCUT2D eigenvalue weighted by Crippen LogP contribution is -2.04. The Balaban J connectivity index is 1.48. The predicted octanol–water partition coefficient (Wildman–Crippen LogP) is 7.30. The van der Waals surface area contributed by atoms with E-state index in [4.69, 9.17) is 16.3 Å².